The van der Waals surface area contributed by atoms with Gasteiger partial charge in [-0.3, -0.25) is 0 Å². The van der Waals surface area contributed by atoms with Crippen LogP contribution in [0.25, 0.3) is 0 Å². The highest BCUT2D eigenvalue weighted by Gasteiger charge is 2.04. The smallest absolute Gasteiger partial charge is 0.430 e. The van der Waals surface area contributed by atoms with Crippen molar-refractivity contribution in [2.45, 2.75) is 6.29 Å². The van der Waals surface area contributed by atoms with Gasteiger partial charge in [-0.2, -0.15) is 0 Å². The van der Waals surface area contributed by atoms with Crippen molar-refractivity contribution >= 4 is 13.8 Å². The normalized spacial score (nSPS) is 12.1. The molecule has 9 heteroatoms. The molecule has 0 aliphatic rings. The molecule has 0 radical (unpaired) electrons. The summed E-state index contributed by atoms with van der Waals surface area (Å²) in [6.45, 7) is 2.48. The highest BCUT2D eigenvalue weighted by Crippen LogP contribution is 2.25. The predicted molar refractivity (Wildman–Crippen MR) is 43.6 cm³/mol. The van der Waals surface area contributed by atoms with Gasteiger partial charge >= 0.3 is 13.8 Å². The maximum absolute atomic E-state index is 10.2. The van der Waals surface area contributed by atoms with Crippen LogP contribution in [0.3, 0.4) is 0 Å². The lowest BCUT2D eigenvalue weighted by atomic mass is 10.6. The third-order valence-corrected chi connectivity index (χ3v) is 0.575. The molecule has 14 heavy (non-hydrogen) atoms. The van der Waals surface area contributed by atoms with Crippen LogP contribution in [-0.2, 0) is 14.1 Å². The van der Waals surface area contributed by atoms with E-state index in [0.717, 1.165) is 6.08 Å². The molecule has 0 aromatic heterocycles. The van der Waals surface area contributed by atoms with Gasteiger partial charge in [-0.15, -0.1) is 0 Å². The third-order valence-electron chi connectivity index (χ3n) is 0.575. The lowest BCUT2D eigenvalue weighted by molar-refractivity contribution is -0.167. The van der Waals surface area contributed by atoms with Gasteiger partial charge < -0.3 is 29.6 Å². The van der Waals surface area contributed by atoms with E-state index >= 15 is 0 Å². The molecule has 84 valence electrons. The van der Waals surface area contributed by atoms with Crippen LogP contribution in [0, 0.1) is 0 Å². The van der Waals surface area contributed by atoms with E-state index in [4.69, 9.17) is 29.5 Å². The fourth-order valence-corrected chi connectivity index (χ4v) is 0.219. The van der Waals surface area contributed by atoms with Gasteiger partial charge in [0.05, 0.1) is 0 Å². The van der Waals surface area contributed by atoms with Crippen molar-refractivity contribution < 1.29 is 39.0 Å². The van der Waals surface area contributed by atoms with Crippen molar-refractivity contribution in [2.24, 2.45) is 0 Å². The molecule has 0 aliphatic heterocycles. The summed E-state index contributed by atoms with van der Waals surface area (Å²) >= 11 is 0. The quantitative estimate of drug-likeness (QED) is 0.163. The summed E-state index contributed by atoms with van der Waals surface area (Å²) < 4.78 is 13.0. The van der Waals surface area contributed by atoms with Crippen LogP contribution in [0.4, 0.5) is 0 Å². The number of ether oxygens (including phenoxy) is 1. The Kier molecular flexibility index (Phi) is 8.55. The van der Waals surface area contributed by atoms with Crippen molar-refractivity contribution in [3.63, 3.8) is 0 Å². The van der Waals surface area contributed by atoms with Gasteiger partial charge in [0.1, 0.15) is 6.61 Å². The van der Waals surface area contributed by atoms with Crippen LogP contribution in [-0.4, -0.2) is 43.8 Å². The monoisotopic (exact) mass is 230 g/mol. The number of hydrogen-bond acceptors (Lipinski definition) is 5. The average molecular weight is 230 g/mol. The first-order chi connectivity index (χ1) is 6.20. The van der Waals surface area contributed by atoms with Crippen LogP contribution in [0.15, 0.2) is 12.7 Å². The molecule has 0 bridgehead atoms. The summed E-state index contributed by atoms with van der Waals surface area (Å²) in [5, 5.41) is 16.5. The fourth-order valence-electron chi connectivity index (χ4n) is 0.219. The van der Waals surface area contributed by atoms with Gasteiger partial charge in [0, 0.05) is 6.08 Å². The van der Waals surface area contributed by atoms with Gasteiger partial charge in [0.25, 0.3) is 0 Å². The molecular weight excluding hydrogens is 219 g/mol. The minimum Gasteiger partial charge on any atom is -0.430 e. The van der Waals surface area contributed by atoms with Gasteiger partial charge in [-0.1, -0.05) is 6.58 Å². The minimum absolute atomic E-state index is 0.598. The zero-order valence-corrected chi connectivity index (χ0v) is 7.87. The molecule has 0 spiro atoms. The summed E-state index contributed by atoms with van der Waals surface area (Å²) in [5.74, 6) is -0.753. The Balaban J connectivity index is 0. The molecule has 8 nitrogen and oxygen atoms in total. The molecule has 1 unspecified atom stereocenters. The minimum atomic E-state index is -4.64. The highest BCUT2D eigenvalue weighted by atomic mass is 31.2. The fraction of sp³-hybridized carbons (Fsp3) is 0.400. The standard InChI is InChI=1S/C5H8O4.H3O4P/c1-2-4(7)9-5(8)3-6;1-5(2,3)4/h2,5-6,8H,1,3H2;(H3,1,2,3,4). The Bertz CT molecular complexity index is 212. The highest BCUT2D eigenvalue weighted by molar-refractivity contribution is 7.45. The predicted octanol–water partition coefficient (Wildman–Crippen LogP) is -1.90. The van der Waals surface area contributed by atoms with Crippen LogP contribution in [0.1, 0.15) is 0 Å². The molecule has 1 atom stereocenters. The molecule has 0 aliphatic carbocycles. The van der Waals surface area contributed by atoms with Crippen molar-refractivity contribution in [1.82, 2.24) is 0 Å². The molecule has 0 aromatic carbocycles. The summed E-state index contributed by atoms with van der Waals surface area (Å²) in [6, 6.07) is 0. The van der Waals surface area contributed by atoms with Gasteiger partial charge in [-0.25, -0.2) is 9.36 Å². The van der Waals surface area contributed by atoms with Crippen molar-refractivity contribution in [3.05, 3.63) is 12.7 Å². The largest absolute Gasteiger partial charge is 0.466 e. The Morgan fingerprint density at radius 3 is 2.07 bits per heavy atom. The van der Waals surface area contributed by atoms with E-state index in [1.54, 1.807) is 0 Å². The topological polar surface area (TPSA) is 145 Å². The average Bonchev–Trinajstić information content (AvgIpc) is 2.01. The van der Waals surface area contributed by atoms with E-state index in [1.165, 1.54) is 0 Å². The zero-order chi connectivity index (χ0) is 11.8. The second-order valence-electron chi connectivity index (χ2n) is 1.79. The zero-order valence-electron chi connectivity index (χ0n) is 6.98. The molecule has 0 aromatic rings. The molecule has 0 fully saturated rings. The van der Waals surface area contributed by atoms with Crippen LogP contribution < -0.4 is 0 Å². The lowest BCUT2D eigenvalue weighted by Crippen LogP contribution is -2.19. The molecule has 0 rings (SSSR count). The second kappa shape index (κ2) is 7.63. The molecule has 0 saturated heterocycles. The first-order valence-electron chi connectivity index (χ1n) is 3.11. The van der Waals surface area contributed by atoms with E-state index in [0.29, 0.717) is 0 Å². The molecule has 0 amide bonds. The number of phosphoric acid groups is 1. The summed E-state index contributed by atoms with van der Waals surface area (Å²) in [7, 11) is -4.64. The Labute approximate surface area is 79.3 Å². The van der Waals surface area contributed by atoms with Crippen molar-refractivity contribution in [3.8, 4) is 0 Å². The molecular formula is C5H11O8P. The van der Waals surface area contributed by atoms with E-state index < -0.39 is 26.7 Å². The number of carbonyl (C=O) groups excluding carboxylic acids is 1. The van der Waals surface area contributed by atoms with Crippen LogP contribution >= 0.6 is 7.82 Å². The number of esters is 1. The Morgan fingerprint density at radius 1 is 1.50 bits per heavy atom. The molecule has 5 N–H and O–H groups in total. The van der Waals surface area contributed by atoms with Crippen LogP contribution in [0.2, 0.25) is 0 Å². The number of hydrogen-bond donors (Lipinski definition) is 5. The molecule has 0 saturated carbocycles. The maximum atomic E-state index is 10.2. The number of carbonyl (C=O) groups is 1. The summed E-state index contributed by atoms with van der Waals surface area (Å²) in [5.41, 5.74) is 0. The summed E-state index contributed by atoms with van der Waals surface area (Å²) in [6.07, 6.45) is -0.533. The number of rotatable bonds is 3. The van der Waals surface area contributed by atoms with E-state index in [2.05, 4.69) is 11.3 Å². The van der Waals surface area contributed by atoms with E-state index in [-0.39, 0.29) is 0 Å². The maximum Gasteiger partial charge on any atom is 0.466 e. The van der Waals surface area contributed by atoms with Gasteiger partial charge in [0.2, 0.25) is 6.29 Å². The first-order valence-corrected chi connectivity index (χ1v) is 4.67. The summed E-state index contributed by atoms with van der Waals surface area (Å²) in [4.78, 5) is 31.7. The van der Waals surface area contributed by atoms with Crippen molar-refractivity contribution in [1.29, 1.82) is 0 Å². The Morgan fingerprint density at radius 2 is 1.86 bits per heavy atom. The second-order valence-corrected chi connectivity index (χ2v) is 2.82. The third kappa shape index (κ3) is 22.5. The number of aliphatic hydroxyl groups excluding tert-OH is 2. The van der Waals surface area contributed by atoms with Gasteiger partial charge in [-0.05, 0) is 0 Å². The van der Waals surface area contributed by atoms with E-state index in [1.807, 2.05) is 0 Å². The van der Waals surface area contributed by atoms with Gasteiger partial charge in [0.15, 0.2) is 0 Å². The SMILES string of the molecule is C=CC(=O)OC(O)CO.O=P(O)(O)O. The van der Waals surface area contributed by atoms with E-state index in [9.17, 15) is 4.79 Å². The molecule has 0 heterocycles. The lowest BCUT2D eigenvalue weighted by Gasteiger charge is -2.04. The van der Waals surface area contributed by atoms with Crippen molar-refractivity contribution in [2.75, 3.05) is 6.61 Å². The first kappa shape index (κ1) is 15.7. The number of aliphatic hydroxyl groups is 2. The Hall–Kier alpha value is -0.760. The van der Waals surface area contributed by atoms with Crippen LogP contribution in [0.5, 0.6) is 0 Å².